The van der Waals surface area contributed by atoms with Crippen LogP contribution < -0.4 is 4.90 Å². The molecule has 0 amide bonds. The molecule has 1 aliphatic heterocycles. The van der Waals surface area contributed by atoms with Crippen molar-refractivity contribution in [2.24, 2.45) is 0 Å². The van der Waals surface area contributed by atoms with Gasteiger partial charge in [0.05, 0.1) is 17.1 Å². The zero-order valence-electron chi connectivity index (χ0n) is 11.0. The molecule has 1 atom stereocenters. The molecule has 0 saturated carbocycles. The molecule has 1 aromatic rings. The molecule has 1 unspecified atom stereocenters. The molecule has 1 aromatic carbocycles. The van der Waals surface area contributed by atoms with Gasteiger partial charge >= 0.3 is 5.97 Å². The zero-order chi connectivity index (χ0) is 14.2. The molecule has 1 aliphatic rings. The number of sulfone groups is 1. The summed E-state index contributed by atoms with van der Waals surface area (Å²) in [6.45, 7) is 1.84. The van der Waals surface area contributed by atoms with Gasteiger partial charge in [0, 0.05) is 18.8 Å². The van der Waals surface area contributed by atoms with Crippen LogP contribution in [0.5, 0.6) is 0 Å². The minimum Gasteiger partial charge on any atom is -0.478 e. The second kappa shape index (κ2) is 4.85. The van der Waals surface area contributed by atoms with E-state index < -0.39 is 15.8 Å². The van der Waals surface area contributed by atoms with Crippen LogP contribution in [-0.4, -0.2) is 44.1 Å². The first-order valence-corrected chi connectivity index (χ1v) is 7.89. The highest BCUT2D eigenvalue weighted by atomic mass is 32.2. The van der Waals surface area contributed by atoms with Crippen LogP contribution in [0, 0.1) is 6.92 Å². The van der Waals surface area contributed by atoms with Crippen LogP contribution in [0.1, 0.15) is 22.3 Å². The van der Waals surface area contributed by atoms with Crippen LogP contribution in [0.2, 0.25) is 0 Å². The van der Waals surface area contributed by atoms with Gasteiger partial charge in [-0.1, -0.05) is 0 Å². The maximum atomic E-state index is 11.5. The van der Waals surface area contributed by atoms with Gasteiger partial charge in [-0.15, -0.1) is 0 Å². The number of anilines is 1. The summed E-state index contributed by atoms with van der Waals surface area (Å²) >= 11 is 0. The number of carboxylic acid groups (broad SMARTS) is 1. The Morgan fingerprint density at radius 3 is 2.58 bits per heavy atom. The van der Waals surface area contributed by atoms with E-state index in [1.807, 2.05) is 18.9 Å². The molecule has 0 aromatic heterocycles. The predicted octanol–water partition coefficient (Wildman–Crippen LogP) is 1.32. The molecule has 0 aliphatic carbocycles. The lowest BCUT2D eigenvalue weighted by Gasteiger charge is -2.27. The van der Waals surface area contributed by atoms with Crippen LogP contribution >= 0.6 is 0 Å². The van der Waals surface area contributed by atoms with Crippen LogP contribution in [0.4, 0.5) is 5.69 Å². The van der Waals surface area contributed by atoms with Crippen molar-refractivity contribution in [3.63, 3.8) is 0 Å². The van der Waals surface area contributed by atoms with E-state index in [-0.39, 0.29) is 23.1 Å². The van der Waals surface area contributed by atoms with Crippen LogP contribution in [0.3, 0.4) is 0 Å². The number of benzene rings is 1. The summed E-state index contributed by atoms with van der Waals surface area (Å²) in [5.41, 5.74) is 1.97. The minimum atomic E-state index is -2.92. The SMILES string of the molecule is Cc1cc(C(=O)O)ccc1N(C)C1CCS(=O)(=O)C1. The quantitative estimate of drug-likeness (QED) is 0.905. The Morgan fingerprint density at radius 2 is 2.11 bits per heavy atom. The Labute approximate surface area is 112 Å². The van der Waals surface area contributed by atoms with E-state index in [1.165, 1.54) is 0 Å². The summed E-state index contributed by atoms with van der Waals surface area (Å²) in [6.07, 6.45) is 0.624. The van der Waals surface area contributed by atoms with E-state index >= 15 is 0 Å². The maximum absolute atomic E-state index is 11.5. The second-order valence-corrected chi connectivity index (χ2v) is 7.20. The average Bonchev–Trinajstić information content (AvgIpc) is 2.68. The molecule has 0 spiro atoms. The van der Waals surface area contributed by atoms with Gasteiger partial charge in [0.25, 0.3) is 0 Å². The van der Waals surface area contributed by atoms with E-state index in [0.717, 1.165) is 11.3 Å². The van der Waals surface area contributed by atoms with E-state index in [1.54, 1.807) is 18.2 Å². The summed E-state index contributed by atoms with van der Waals surface area (Å²) in [5, 5.41) is 8.93. The van der Waals surface area contributed by atoms with Crippen molar-refractivity contribution in [3.8, 4) is 0 Å². The molecule has 5 nitrogen and oxygen atoms in total. The Kier molecular flexibility index (Phi) is 3.54. The number of aryl methyl sites for hydroxylation is 1. The van der Waals surface area contributed by atoms with Crippen molar-refractivity contribution in [1.29, 1.82) is 0 Å². The molecule has 1 fully saturated rings. The first-order chi connectivity index (χ1) is 8.80. The van der Waals surface area contributed by atoms with Gasteiger partial charge in [-0.3, -0.25) is 0 Å². The van der Waals surface area contributed by atoms with Crippen molar-refractivity contribution in [1.82, 2.24) is 0 Å². The topological polar surface area (TPSA) is 74.7 Å². The minimum absolute atomic E-state index is 0.0284. The smallest absolute Gasteiger partial charge is 0.335 e. The fourth-order valence-corrected chi connectivity index (χ4v) is 4.24. The zero-order valence-corrected chi connectivity index (χ0v) is 11.8. The number of rotatable bonds is 3. The third-order valence-electron chi connectivity index (χ3n) is 3.58. The Hall–Kier alpha value is -1.56. The standard InChI is InChI=1S/C13H17NO4S/c1-9-7-10(13(15)16)3-4-12(9)14(2)11-5-6-19(17,18)8-11/h3-4,7,11H,5-6,8H2,1-2H3,(H,15,16). The molecule has 0 bridgehead atoms. The van der Waals surface area contributed by atoms with Gasteiger partial charge in [-0.05, 0) is 37.1 Å². The summed E-state index contributed by atoms with van der Waals surface area (Å²) in [4.78, 5) is 12.8. The summed E-state index contributed by atoms with van der Waals surface area (Å²) in [5.74, 6) is -0.557. The number of carbonyl (C=O) groups is 1. The Bertz CT molecular complexity index is 609. The van der Waals surface area contributed by atoms with E-state index in [9.17, 15) is 13.2 Å². The first-order valence-electron chi connectivity index (χ1n) is 6.07. The first kappa shape index (κ1) is 13.9. The average molecular weight is 283 g/mol. The lowest BCUT2D eigenvalue weighted by molar-refractivity contribution is 0.0697. The molecule has 2 rings (SSSR count). The van der Waals surface area contributed by atoms with Crippen LogP contribution in [0.25, 0.3) is 0 Å². The van der Waals surface area contributed by atoms with Crippen molar-refractivity contribution >= 4 is 21.5 Å². The van der Waals surface area contributed by atoms with E-state index in [4.69, 9.17) is 5.11 Å². The molecule has 0 radical (unpaired) electrons. The molecular weight excluding hydrogens is 266 g/mol. The summed E-state index contributed by atoms with van der Waals surface area (Å²) in [6, 6.07) is 4.87. The number of aromatic carboxylic acids is 1. The molecule has 104 valence electrons. The monoisotopic (exact) mass is 283 g/mol. The number of nitrogens with zero attached hydrogens (tertiary/aromatic N) is 1. The van der Waals surface area contributed by atoms with Gasteiger partial charge in [0.15, 0.2) is 9.84 Å². The second-order valence-electron chi connectivity index (χ2n) is 4.97. The summed E-state index contributed by atoms with van der Waals surface area (Å²) < 4.78 is 23.0. The van der Waals surface area contributed by atoms with E-state index in [2.05, 4.69) is 0 Å². The van der Waals surface area contributed by atoms with Crippen molar-refractivity contribution < 1.29 is 18.3 Å². The molecule has 19 heavy (non-hydrogen) atoms. The van der Waals surface area contributed by atoms with Gasteiger partial charge < -0.3 is 10.0 Å². The van der Waals surface area contributed by atoms with Gasteiger partial charge in [0.2, 0.25) is 0 Å². The third-order valence-corrected chi connectivity index (χ3v) is 5.33. The molecule has 1 N–H and O–H groups in total. The van der Waals surface area contributed by atoms with Gasteiger partial charge in [-0.2, -0.15) is 0 Å². The lowest BCUT2D eigenvalue weighted by atomic mass is 10.1. The van der Waals surface area contributed by atoms with Crippen molar-refractivity contribution in [2.45, 2.75) is 19.4 Å². The molecule has 6 heteroatoms. The summed E-state index contributed by atoms with van der Waals surface area (Å²) in [7, 11) is -1.06. The van der Waals surface area contributed by atoms with Crippen molar-refractivity contribution in [2.75, 3.05) is 23.5 Å². The highest BCUT2D eigenvalue weighted by molar-refractivity contribution is 7.91. The van der Waals surface area contributed by atoms with E-state index in [0.29, 0.717) is 6.42 Å². The number of hydrogen-bond acceptors (Lipinski definition) is 4. The predicted molar refractivity (Wildman–Crippen MR) is 73.6 cm³/mol. The number of carboxylic acids is 1. The Balaban J connectivity index is 2.25. The lowest BCUT2D eigenvalue weighted by Crippen LogP contribution is -2.33. The normalized spacial score (nSPS) is 21.3. The third kappa shape index (κ3) is 2.89. The molecule has 1 heterocycles. The van der Waals surface area contributed by atoms with Gasteiger partial charge in [-0.25, -0.2) is 13.2 Å². The molecule has 1 saturated heterocycles. The maximum Gasteiger partial charge on any atom is 0.335 e. The molecular formula is C13H17NO4S. The fourth-order valence-electron chi connectivity index (χ4n) is 2.46. The fraction of sp³-hybridized carbons (Fsp3) is 0.462. The largest absolute Gasteiger partial charge is 0.478 e. The van der Waals surface area contributed by atoms with Crippen LogP contribution in [-0.2, 0) is 9.84 Å². The van der Waals surface area contributed by atoms with Crippen LogP contribution in [0.15, 0.2) is 18.2 Å². The van der Waals surface area contributed by atoms with Gasteiger partial charge in [0.1, 0.15) is 0 Å². The Morgan fingerprint density at radius 1 is 1.42 bits per heavy atom. The number of hydrogen-bond donors (Lipinski definition) is 1. The highest BCUT2D eigenvalue weighted by Gasteiger charge is 2.31. The highest BCUT2D eigenvalue weighted by Crippen LogP contribution is 2.26. The van der Waals surface area contributed by atoms with Crippen molar-refractivity contribution in [3.05, 3.63) is 29.3 Å².